The number of ether oxygens (including phenoxy) is 1. The van der Waals surface area contributed by atoms with E-state index in [0.29, 0.717) is 29.2 Å². The fraction of sp³-hybridized carbons (Fsp3) is 0.200. The van der Waals surface area contributed by atoms with Gasteiger partial charge in [-0.15, -0.1) is 0 Å². The minimum atomic E-state index is -0.438. The van der Waals surface area contributed by atoms with Gasteiger partial charge in [0.1, 0.15) is 23.7 Å². The molecule has 1 aliphatic heterocycles. The van der Waals surface area contributed by atoms with E-state index < -0.39 is 5.82 Å². The Balaban J connectivity index is 1.48. The molecule has 168 valence electrons. The molecule has 1 amide bonds. The van der Waals surface area contributed by atoms with E-state index in [0.717, 1.165) is 19.4 Å². The molecular formula is C25H25FN5O2+. The van der Waals surface area contributed by atoms with E-state index in [1.807, 2.05) is 5.32 Å². The SMILES string of the molecule is C=CC(=O)N1CCC[C@@H]([NH2+]c2ncncc2C(=N)c2ccc(Oc3ccccc3F)cc2)C1. The lowest BCUT2D eigenvalue weighted by molar-refractivity contribution is -0.616. The van der Waals surface area contributed by atoms with Gasteiger partial charge >= 0.3 is 0 Å². The highest BCUT2D eigenvalue weighted by Gasteiger charge is 2.27. The molecule has 2 heterocycles. The maximum atomic E-state index is 13.8. The van der Waals surface area contributed by atoms with E-state index in [9.17, 15) is 9.18 Å². The number of nitrogens with two attached hydrogens (primary N) is 1. The zero-order valence-electron chi connectivity index (χ0n) is 18.1. The molecule has 7 nitrogen and oxygen atoms in total. The highest BCUT2D eigenvalue weighted by atomic mass is 19.1. The number of nitrogens with one attached hydrogen (secondary N) is 1. The largest absolute Gasteiger partial charge is 0.454 e. The van der Waals surface area contributed by atoms with E-state index in [1.54, 1.807) is 53.6 Å². The van der Waals surface area contributed by atoms with Crippen LogP contribution in [0.2, 0.25) is 0 Å². The number of rotatable bonds is 7. The standard InChI is InChI=1S/C25H24FN5O2/c1-2-23(32)31-13-5-6-18(15-31)30-25-20(14-28-16-29-25)24(27)17-9-11-19(12-10-17)33-22-8-4-3-7-21(22)26/h2-4,7-12,14,16,18,27H,1,5-6,13,15H2,(H,28,29,30)/p+1/t18-/m1/s1. The fourth-order valence-electron chi connectivity index (χ4n) is 3.86. The van der Waals surface area contributed by atoms with Crippen LogP contribution < -0.4 is 10.1 Å². The first-order valence-electron chi connectivity index (χ1n) is 10.7. The van der Waals surface area contributed by atoms with Crippen LogP contribution in [-0.2, 0) is 4.79 Å². The van der Waals surface area contributed by atoms with Crippen molar-refractivity contribution in [3.8, 4) is 11.5 Å². The van der Waals surface area contributed by atoms with E-state index in [-0.39, 0.29) is 23.4 Å². The zero-order chi connectivity index (χ0) is 23.2. The first-order chi connectivity index (χ1) is 16.0. The molecule has 1 aromatic heterocycles. The molecule has 1 fully saturated rings. The molecule has 0 bridgehead atoms. The Morgan fingerprint density at radius 2 is 2.03 bits per heavy atom. The average molecular weight is 447 g/mol. The number of hydrogen-bond acceptors (Lipinski definition) is 5. The molecule has 1 aliphatic rings. The van der Waals surface area contributed by atoms with Gasteiger partial charge in [-0.1, -0.05) is 18.7 Å². The van der Waals surface area contributed by atoms with E-state index in [1.165, 1.54) is 18.5 Å². The molecule has 0 unspecified atom stereocenters. The van der Waals surface area contributed by atoms with Crippen LogP contribution in [0.5, 0.6) is 11.5 Å². The smallest absolute Gasteiger partial charge is 0.246 e. The number of benzene rings is 2. The third-order valence-corrected chi connectivity index (χ3v) is 5.56. The number of aromatic nitrogens is 2. The van der Waals surface area contributed by atoms with Gasteiger partial charge in [-0.05, 0) is 48.9 Å². The van der Waals surface area contributed by atoms with Crippen LogP contribution in [0.25, 0.3) is 0 Å². The number of quaternary nitrogens is 1. The fourth-order valence-corrected chi connectivity index (χ4v) is 3.86. The first-order valence-corrected chi connectivity index (χ1v) is 10.7. The minimum Gasteiger partial charge on any atom is -0.454 e. The zero-order valence-corrected chi connectivity index (χ0v) is 18.1. The summed E-state index contributed by atoms with van der Waals surface area (Å²) in [5.41, 5.74) is 1.54. The summed E-state index contributed by atoms with van der Waals surface area (Å²) in [7, 11) is 0. The summed E-state index contributed by atoms with van der Waals surface area (Å²) in [5.74, 6) is 0.778. The van der Waals surface area contributed by atoms with Crippen molar-refractivity contribution in [2.45, 2.75) is 18.9 Å². The maximum Gasteiger partial charge on any atom is 0.246 e. The molecule has 0 aliphatic carbocycles. The monoisotopic (exact) mass is 446 g/mol. The van der Waals surface area contributed by atoms with Crippen molar-refractivity contribution in [3.63, 3.8) is 0 Å². The highest BCUT2D eigenvalue weighted by molar-refractivity contribution is 6.12. The lowest BCUT2D eigenvalue weighted by Crippen LogP contribution is -2.88. The Bertz CT molecular complexity index is 1170. The van der Waals surface area contributed by atoms with Gasteiger partial charge in [0.2, 0.25) is 11.7 Å². The Hall–Kier alpha value is -3.91. The van der Waals surface area contributed by atoms with Gasteiger partial charge in [0, 0.05) is 24.7 Å². The van der Waals surface area contributed by atoms with Crippen molar-refractivity contribution in [2.75, 3.05) is 13.1 Å². The molecule has 4 rings (SSSR count). The number of carbonyl (C=O) groups excluding carboxylic acids is 1. The van der Waals surface area contributed by atoms with Crippen LogP contribution in [0.3, 0.4) is 0 Å². The molecule has 1 atom stereocenters. The molecule has 0 saturated carbocycles. The van der Waals surface area contributed by atoms with Crippen LogP contribution >= 0.6 is 0 Å². The summed E-state index contributed by atoms with van der Waals surface area (Å²) in [6, 6.07) is 13.2. The molecule has 8 heteroatoms. The number of likely N-dealkylation sites (tertiary alicyclic amines) is 1. The van der Waals surface area contributed by atoms with Gasteiger partial charge in [-0.25, -0.2) is 9.37 Å². The molecular weight excluding hydrogens is 421 g/mol. The number of para-hydroxylation sites is 1. The third-order valence-electron chi connectivity index (χ3n) is 5.56. The Labute approximate surface area is 191 Å². The van der Waals surface area contributed by atoms with Gasteiger partial charge in [0.25, 0.3) is 0 Å². The van der Waals surface area contributed by atoms with Gasteiger partial charge in [-0.2, -0.15) is 4.98 Å². The molecule has 0 spiro atoms. The highest BCUT2D eigenvalue weighted by Crippen LogP contribution is 2.25. The van der Waals surface area contributed by atoms with Crippen LogP contribution in [0.1, 0.15) is 24.0 Å². The Morgan fingerprint density at radius 3 is 2.79 bits per heavy atom. The molecule has 3 aromatic rings. The number of hydrogen-bond donors (Lipinski definition) is 2. The van der Waals surface area contributed by atoms with E-state index in [2.05, 4.69) is 16.5 Å². The molecule has 33 heavy (non-hydrogen) atoms. The van der Waals surface area contributed by atoms with E-state index >= 15 is 0 Å². The van der Waals surface area contributed by atoms with Crippen molar-refractivity contribution in [3.05, 3.63) is 90.7 Å². The molecule has 3 N–H and O–H groups in total. The lowest BCUT2D eigenvalue weighted by atomic mass is 10.0. The predicted molar refractivity (Wildman–Crippen MR) is 122 cm³/mol. The van der Waals surface area contributed by atoms with Crippen LogP contribution in [0.15, 0.2) is 73.7 Å². The second-order valence-electron chi connectivity index (χ2n) is 7.81. The summed E-state index contributed by atoms with van der Waals surface area (Å²) >= 11 is 0. The van der Waals surface area contributed by atoms with Crippen LogP contribution in [-0.4, -0.2) is 45.6 Å². The number of carbonyl (C=O) groups is 1. The van der Waals surface area contributed by atoms with Crippen molar-refractivity contribution < 1.29 is 19.2 Å². The summed E-state index contributed by atoms with van der Waals surface area (Å²) in [4.78, 5) is 22.3. The normalized spacial score (nSPS) is 15.7. The first kappa shape index (κ1) is 22.3. The second kappa shape index (κ2) is 10.1. The Morgan fingerprint density at radius 1 is 1.24 bits per heavy atom. The second-order valence-corrected chi connectivity index (χ2v) is 7.81. The number of nitrogens with zero attached hydrogens (tertiary/aromatic N) is 3. The number of halogens is 1. The van der Waals surface area contributed by atoms with Crippen molar-refractivity contribution in [1.29, 1.82) is 5.41 Å². The average Bonchev–Trinajstić information content (AvgIpc) is 2.85. The summed E-state index contributed by atoms with van der Waals surface area (Å²) < 4.78 is 19.4. The summed E-state index contributed by atoms with van der Waals surface area (Å²) in [6.45, 7) is 4.90. The maximum absolute atomic E-state index is 13.8. The summed E-state index contributed by atoms with van der Waals surface area (Å²) in [5, 5.41) is 10.7. The van der Waals surface area contributed by atoms with Gasteiger partial charge in [-0.3, -0.25) is 15.5 Å². The van der Waals surface area contributed by atoms with Crippen LogP contribution in [0.4, 0.5) is 10.2 Å². The lowest BCUT2D eigenvalue weighted by Gasteiger charge is -2.30. The molecule has 0 radical (unpaired) electrons. The number of piperidine rings is 1. The van der Waals surface area contributed by atoms with Gasteiger partial charge in [0.15, 0.2) is 11.6 Å². The van der Waals surface area contributed by atoms with Gasteiger partial charge in [0.05, 0.1) is 12.3 Å². The van der Waals surface area contributed by atoms with Crippen molar-refractivity contribution in [2.24, 2.45) is 0 Å². The predicted octanol–water partition coefficient (Wildman–Crippen LogP) is 3.20. The molecule has 2 aromatic carbocycles. The molecule has 1 saturated heterocycles. The van der Waals surface area contributed by atoms with Gasteiger partial charge < -0.3 is 9.64 Å². The van der Waals surface area contributed by atoms with Crippen molar-refractivity contribution in [1.82, 2.24) is 14.9 Å². The summed E-state index contributed by atoms with van der Waals surface area (Å²) in [6.07, 6.45) is 6.28. The minimum absolute atomic E-state index is 0.0681. The van der Waals surface area contributed by atoms with Crippen molar-refractivity contribution >= 4 is 17.4 Å². The quantitative estimate of drug-likeness (QED) is 0.430. The van der Waals surface area contributed by atoms with Crippen LogP contribution in [0, 0.1) is 11.2 Å². The third kappa shape index (κ3) is 5.30. The topological polar surface area (TPSA) is 95.8 Å². The number of amides is 1. The van der Waals surface area contributed by atoms with E-state index in [4.69, 9.17) is 10.1 Å². The Kier molecular flexibility index (Phi) is 6.85.